The fraction of sp³-hybridized carbons (Fsp3) is 0.625. The predicted molar refractivity (Wildman–Crippen MR) is 83.0 cm³/mol. The molecule has 1 saturated heterocycles. The van der Waals surface area contributed by atoms with E-state index in [1.165, 1.54) is 43.7 Å². The van der Waals surface area contributed by atoms with E-state index < -0.39 is 0 Å². The molecule has 0 amide bonds. The van der Waals surface area contributed by atoms with Crippen molar-refractivity contribution < 1.29 is 0 Å². The van der Waals surface area contributed by atoms with Gasteiger partial charge in [0.25, 0.3) is 0 Å². The van der Waals surface area contributed by atoms with E-state index in [9.17, 15) is 0 Å². The lowest BCUT2D eigenvalue weighted by molar-refractivity contribution is 0.313. The molecule has 1 aliphatic heterocycles. The Morgan fingerprint density at radius 3 is 2.21 bits per heavy atom. The van der Waals surface area contributed by atoms with Crippen molar-refractivity contribution in [2.24, 2.45) is 0 Å². The highest BCUT2D eigenvalue weighted by Gasteiger charge is 2.13. The monoisotopic (exact) mass is 261 g/mol. The molecule has 0 saturated carbocycles. The first-order valence-corrected chi connectivity index (χ1v) is 7.32. The van der Waals surface area contributed by atoms with Crippen LogP contribution in [-0.2, 0) is 6.42 Å². The molecule has 2 rings (SSSR count). The van der Waals surface area contributed by atoms with Crippen LogP contribution < -0.4 is 4.90 Å². The molecule has 1 aliphatic rings. The minimum Gasteiger partial charge on any atom is -0.369 e. The third-order valence-corrected chi connectivity index (χ3v) is 3.88. The largest absolute Gasteiger partial charge is 0.369 e. The fourth-order valence-electron chi connectivity index (χ4n) is 2.54. The molecule has 0 spiro atoms. The summed E-state index contributed by atoms with van der Waals surface area (Å²) in [5.41, 5.74) is 2.84. The molecule has 3 heteroatoms. The second kappa shape index (κ2) is 6.92. The van der Waals surface area contributed by atoms with Gasteiger partial charge in [-0.3, -0.25) is 0 Å². The summed E-state index contributed by atoms with van der Waals surface area (Å²) in [7, 11) is 6.47. The summed E-state index contributed by atoms with van der Waals surface area (Å²) in [6, 6.07) is 9.17. The molecule has 0 unspecified atom stereocenters. The summed E-state index contributed by atoms with van der Waals surface area (Å²) in [4.78, 5) is 7.13. The quantitative estimate of drug-likeness (QED) is 0.802. The Balaban J connectivity index is 1.84. The Morgan fingerprint density at radius 1 is 1.00 bits per heavy atom. The van der Waals surface area contributed by atoms with Crippen molar-refractivity contribution in [3.63, 3.8) is 0 Å². The normalized spacial score (nSPS) is 17.2. The van der Waals surface area contributed by atoms with Crippen molar-refractivity contribution in [2.75, 3.05) is 58.8 Å². The van der Waals surface area contributed by atoms with Crippen LogP contribution in [0.3, 0.4) is 0 Å². The maximum Gasteiger partial charge on any atom is 0.0367 e. The lowest BCUT2D eigenvalue weighted by Gasteiger charge is -2.34. The van der Waals surface area contributed by atoms with Crippen molar-refractivity contribution in [2.45, 2.75) is 12.8 Å². The van der Waals surface area contributed by atoms with E-state index in [0.717, 1.165) is 13.1 Å². The highest BCUT2D eigenvalue weighted by molar-refractivity contribution is 5.48. The first-order valence-electron chi connectivity index (χ1n) is 7.32. The van der Waals surface area contributed by atoms with Gasteiger partial charge < -0.3 is 14.7 Å². The van der Waals surface area contributed by atoms with Crippen molar-refractivity contribution in [3.05, 3.63) is 29.8 Å². The SMILES string of the molecule is CN(C)CCCc1ccc(N2CCN(C)CC2)cc1. The number of aryl methyl sites for hydroxylation is 1. The maximum absolute atomic E-state index is 2.49. The third-order valence-electron chi connectivity index (χ3n) is 3.88. The summed E-state index contributed by atoms with van der Waals surface area (Å²) < 4.78 is 0. The number of hydrogen-bond donors (Lipinski definition) is 0. The van der Waals surface area contributed by atoms with E-state index in [4.69, 9.17) is 0 Å². The first kappa shape index (κ1) is 14.4. The van der Waals surface area contributed by atoms with E-state index in [2.05, 4.69) is 60.1 Å². The molecule has 1 fully saturated rings. The van der Waals surface area contributed by atoms with E-state index in [-0.39, 0.29) is 0 Å². The lowest BCUT2D eigenvalue weighted by Crippen LogP contribution is -2.44. The van der Waals surface area contributed by atoms with Crippen LogP contribution in [0.2, 0.25) is 0 Å². The van der Waals surface area contributed by atoms with Crippen molar-refractivity contribution in [3.8, 4) is 0 Å². The van der Waals surface area contributed by atoms with Crippen LogP contribution in [0.15, 0.2) is 24.3 Å². The molecule has 106 valence electrons. The van der Waals surface area contributed by atoms with Gasteiger partial charge in [-0.2, -0.15) is 0 Å². The highest BCUT2D eigenvalue weighted by Crippen LogP contribution is 2.17. The molecule has 0 aromatic heterocycles. The summed E-state index contributed by atoms with van der Waals surface area (Å²) in [6.07, 6.45) is 2.42. The average molecular weight is 261 g/mol. The number of likely N-dealkylation sites (N-methyl/N-ethyl adjacent to an activating group) is 1. The zero-order valence-electron chi connectivity index (χ0n) is 12.6. The van der Waals surface area contributed by atoms with Gasteiger partial charge in [0.2, 0.25) is 0 Å². The maximum atomic E-state index is 2.49. The first-order chi connectivity index (χ1) is 9.15. The molecule has 1 aromatic rings. The summed E-state index contributed by atoms with van der Waals surface area (Å²) >= 11 is 0. The molecule has 19 heavy (non-hydrogen) atoms. The zero-order valence-corrected chi connectivity index (χ0v) is 12.6. The van der Waals surface area contributed by atoms with Gasteiger partial charge in [-0.05, 0) is 58.2 Å². The Bertz CT molecular complexity index is 364. The molecule has 1 aromatic carbocycles. The number of benzene rings is 1. The molecule has 0 radical (unpaired) electrons. The molecule has 0 atom stereocenters. The third kappa shape index (κ3) is 4.51. The Kier molecular flexibility index (Phi) is 5.23. The molecule has 0 bridgehead atoms. The molecule has 3 nitrogen and oxygen atoms in total. The zero-order chi connectivity index (χ0) is 13.7. The van der Waals surface area contributed by atoms with Gasteiger partial charge in [-0.25, -0.2) is 0 Å². The van der Waals surface area contributed by atoms with E-state index in [1.807, 2.05) is 0 Å². The van der Waals surface area contributed by atoms with Crippen molar-refractivity contribution in [1.82, 2.24) is 9.80 Å². The van der Waals surface area contributed by atoms with Gasteiger partial charge in [0.05, 0.1) is 0 Å². The van der Waals surface area contributed by atoms with Gasteiger partial charge in [0.1, 0.15) is 0 Å². The Hall–Kier alpha value is -1.06. The van der Waals surface area contributed by atoms with Crippen LogP contribution in [0.1, 0.15) is 12.0 Å². The number of rotatable bonds is 5. The number of hydrogen-bond acceptors (Lipinski definition) is 3. The van der Waals surface area contributed by atoms with E-state index in [0.29, 0.717) is 0 Å². The Labute approximate surface area is 117 Å². The topological polar surface area (TPSA) is 9.72 Å². The lowest BCUT2D eigenvalue weighted by atomic mass is 10.1. The number of nitrogens with zero attached hydrogens (tertiary/aromatic N) is 3. The Morgan fingerprint density at radius 2 is 1.63 bits per heavy atom. The molecule has 1 heterocycles. The molecular formula is C16H27N3. The summed E-state index contributed by atoms with van der Waals surface area (Å²) in [5, 5.41) is 0. The van der Waals surface area contributed by atoms with Crippen molar-refractivity contribution in [1.29, 1.82) is 0 Å². The van der Waals surface area contributed by atoms with Crippen LogP contribution in [0.5, 0.6) is 0 Å². The van der Waals surface area contributed by atoms with Gasteiger partial charge in [-0.1, -0.05) is 12.1 Å². The van der Waals surface area contributed by atoms with Gasteiger partial charge >= 0.3 is 0 Å². The highest BCUT2D eigenvalue weighted by atomic mass is 15.2. The van der Waals surface area contributed by atoms with Crippen LogP contribution in [0.25, 0.3) is 0 Å². The second-order valence-electron chi connectivity index (χ2n) is 5.86. The van der Waals surface area contributed by atoms with Gasteiger partial charge in [0.15, 0.2) is 0 Å². The van der Waals surface area contributed by atoms with Gasteiger partial charge in [-0.15, -0.1) is 0 Å². The van der Waals surface area contributed by atoms with E-state index >= 15 is 0 Å². The minimum absolute atomic E-state index is 1.15. The standard InChI is InChI=1S/C16H27N3/c1-17(2)10-4-5-15-6-8-16(9-7-15)19-13-11-18(3)12-14-19/h6-9H,4-5,10-14H2,1-3H3. The number of piperazine rings is 1. The summed E-state index contributed by atoms with van der Waals surface area (Å²) in [5.74, 6) is 0. The van der Waals surface area contributed by atoms with Crippen LogP contribution >= 0.6 is 0 Å². The predicted octanol–water partition coefficient (Wildman–Crippen LogP) is 1.93. The number of anilines is 1. The minimum atomic E-state index is 1.15. The van der Waals surface area contributed by atoms with Crippen LogP contribution in [0.4, 0.5) is 5.69 Å². The van der Waals surface area contributed by atoms with Crippen LogP contribution in [0, 0.1) is 0 Å². The molecular weight excluding hydrogens is 234 g/mol. The van der Waals surface area contributed by atoms with Crippen LogP contribution in [-0.4, -0.2) is 63.7 Å². The summed E-state index contributed by atoms with van der Waals surface area (Å²) in [6.45, 7) is 5.81. The fourth-order valence-corrected chi connectivity index (χ4v) is 2.54. The molecule has 0 aliphatic carbocycles. The molecule has 0 N–H and O–H groups in total. The van der Waals surface area contributed by atoms with Gasteiger partial charge in [0, 0.05) is 31.9 Å². The smallest absolute Gasteiger partial charge is 0.0367 e. The second-order valence-corrected chi connectivity index (χ2v) is 5.86. The average Bonchev–Trinajstić information content (AvgIpc) is 2.40. The van der Waals surface area contributed by atoms with Crippen molar-refractivity contribution >= 4 is 5.69 Å². The van der Waals surface area contributed by atoms with E-state index in [1.54, 1.807) is 0 Å².